The Kier molecular flexibility index (Phi) is 3.80. The Balaban J connectivity index is 2.09. The van der Waals surface area contributed by atoms with Crippen molar-refractivity contribution in [1.29, 1.82) is 0 Å². The molecule has 0 bridgehead atoms. The number of halogens is 6. The number of pyridine rings is 1. The van der Waals surface area contributed by atoms with E-state index in [-0.39, 0.29) is 21.5 Å². The summed E-state index contributed by atoms with van der Waals surface area (Å²) in [7, 11) is 0. The molecule has 9 heteroatoms. The maximum absolute atomic E-state index is 13.0. The van der Waals surface area contributed by atoms with Gasteiger partial charge in [0, 0.05) is 11.6 Å². The highest BCUT2D eigenvalue weighted by Gasteiger charge is 2.43. The van der Waals surface area contributed by atoms with Gasteiger partial charge >= 0.3 is 12.4 Å². The summed E-state index contributed by atoms with van der Waals surface area (Å²) in [6.07, 6.45) is -7.78. The van der Waals surface area contributed by atoms with Crippen molar-refractivity contribution in [2.24, 2.45) is 11.8 Å². The summed E-state index contributed by atoms with van der Waals surface area (Å²) < 4.78 is 77.4. The van der Waals surface area contributed by atoms with Crippen molar-refractivity contribution in [3.8, 4) is 0 Å². The highest BCUT2D eigenvalue weighted by atomic mass is 19.4. The van der Waals surface area contributed by atoms with Crippen LogP contribution in [0.5, 0.6) is 0 Å². The highest BCUT2D eigenvalue weighted by Crippen LogP contribution is 2.51. The molecule has 0 spiro atoms. The second-order valence-corrected chi connectivity index (χ2v) is 6.48. The summed E-state index contributed by atoms with van der Waals surface area (Å²) in [5.41, 5.74) is 0.161. The van der Waals surface area contributed by atoms with E-state index in [1.807, 2.05) is 13.8 Å². The van der Waals surface area contributed by atoms with Gasteiger partial charge < -0.3 is 4.57 Å². The van der Waals surface area contributed by atoms with Crippen LogP contribution >= 0.6 is 0 Å². The molecular formula is C15H15F6N3. The molecule has 132 valence electrons. The third kappa shape index (κ3) is 3.21. The fourth-order valence-electron chi connectivity index (χ4n) is 3.09. The molecule has 1 fully saturated rings. The van der Waals surface area contributed by atoms with Crippen LogP contribution in [0.15, 0.2) is 12.3 Å². The van der Waals surface area contributed by atoms with Gasteiger partial charge in [-0.2, -0.15) is 26.3 Å². The topological polar surface area (TPSA) is 30.7 Å². The van der Waals surface area contributed by atoms with E-state index in [2.05, 4.69) is 9.97 Å². The average molecular weight is 351 g/mol. The minimum absolute atomic E-state index is 0.0815. The molecule has 0 unspecified atom stereocenters. The minimum atomic E-state index is -4.97. The number of nitrogens with zero attached hydrogens (tertiary/aromatic N) is 3. The second-order valence-electron chi connectivity index (χ2n) is 6.48. The fourth-order valence-corrected chi connectivity index (χ4v) is 3.09. The lowest BCUT2D eigenvalue weighted by Crippen LogP contribution is -2.23. The van der Waals surface area contributed by atoms with Gasteiger partial charge in [-0.3, -0.25) is 4.98 Å². The average Bonchev–Trinajstić information content (AvgIpc) is 3.14. The van der Waals surface area contributed by atoms with Gasteiger partial charge in [-0.15, -0.1) is 0 Å². The maximum Gasteiger partial charge on any atom is 0.449 e. The van der Waals surface area contributed by atoms with Crippen LogP contribution in [-0.4, -0.2) is 20.7 Å². The molecule has 0 saturated heterocycles. The van der Waals surface area contributed by atoms with Crippen LogP contribution in [0.25, 0.3) is 11.0 Å². The first kappa shape index (κ1) is 17.0. The summed E-state index contributed by atoms with van der Waals surface area (Å²) in [6.45, 7) is 2.32. The number of rotatable bonds is 3. The van der Waals surface area contributed by atoms with Crippen molar-refractivity contribution >= 4 is 11.0 Å². The van der Waals surface area contributed by atoms with Gasteiger partial charge in [-0.05, 0) is 24.3 Å². The van der Waals surface area contributed by atoms with Gasteiger partial charge in [0.15, 0.2) is 0 Å². The molecular weight excluding hydrogens is 336 g/mol. The Morgan fingerprint density at radius 2 is 1.88 bits per heavy atom. The van der Waals surface area contributed by atoms with Crippen LogP contribution in [0.3, 0.4) is 0 Å². The van der Waals surface area contributed by atoms with E-state index in [1.165, 1.54) is 6.07 Å². The fraction of sp³-hybridized carbons (Fsp3) is 0.600. The lowest BCUT2D eigenvalue weighted by Gasteiger charge is -2.13. The van der Waals surface area contributed by atoms with E-state index in [0.717, 1.165) is 12.6 Å². The molecule has 0 amide bonds. The highest BCUT2D eigenvalue weighted by molar-refractivity contribution is 5.76. The van der Waals surface area contributed by atoms with Gasteiger partial charge in [0.1, 0.15) is 12.1 Å². The van der Waals surface area contributed by atoms with E-state index < -0.39 is 24.7 Å². The third-order valence-corrected chi connectivity index (χ3v) is 4.32. The lowest BCUT2D eigenvalue weighted by molar-refractivity contribution is -0.160. The van der Waals surface area contributed by atoms with Crippen LogP contribution in [0.1, 0.15) is 37.7 Å². The molecule has 2 aromatic heterocycles. The largest absolute Gasteiger partial charge is 0.449 e. The maximum atomic E-state index is 13.0. The Morgan fingerprint density at radius 3 is 2.38 bits per heavy atom. The van der Waals surface area contributed by atoms with E-state index >= 15 is 0 Å². The number of imidazole rings is 1. The van der Waals surface area contributed by atoms with Crippen molar-refractivity contribution in [2.75, 3.05) is 0 Å². The smallest absolute Gasteiger partial charge is 0.311 e. The molecule has 2 atom stereocenters. The van der Waals surface area contributed by atoms with Crippen molar-refractivity contribution < 1.29 is 26.3 Å². The summed E-state index contributed by atoms with van der Waals surface area (Å²) in [5, 5.41) is 0. The zero-order valence-electron chi connectivity index (χ0n) is 12.9. The van der Waals surface area contributed by atoms with E-state index in [4.69, 9.17) is 0 Å². The first-order valence-corrected chi connectivity index (χ1v) is 7.47. The quantitative estimate of drug-likeness (QED) is 0.746. The van der Waals surface area contributed by atoms with Crippen molar-refractivity contribution in [3.05, 3.63) is 23.8 Å². The van der Waals surface area contributed by atoms with Gasteiger partial charge in [0.05, 0.1) is 11.7 Å². The Hall–Kier alpha value is -1.80. The molecule has 0 aromatic carbocycles. The van der Waals surface area contributed by atoms with Crippen LogP contribution < -0.4 is 0 Å². The van der Waals surface area contributed by atoms with E-state index in [0.29, 0.717) is 17.5 Å². The zero-order chi connectivity index (χ0) is 17.9. The predicted molar refractivity (Wildman–Crippen MR) is 74.3 cm³/mol. The molecule has 24 heavy (non-hydrogen) atoms. The molecule has 3 nitrogen and oxygen atoms in total. The number of aromatic nitrogens is 3. The van der Waals surface area contributed by atoms with Crippen molar-refractivity contribution in [3.63, 3.8) is 0 Å². The lowest BCUT2D eigenvalue weighted by atomic mass is 10.1. The van der Waals surface area contributed by atoms with E-state index in [1.54, 1.807) is 0 Å². The predicted octanol–water partition coefficient (Wildman–Crippen LogP) is 4.77. The molecule has 0 aliphatic heterocycles. The monoisotopic (exact) mass is 351 g/mol. The molecule has 1 aliphatic rings. The van der Waals surface area contributed by atoms with Gasteiger partial charge in [0.2, 0.25) is 5.82 Å². The summed E-state index contributed by atoms with van der Waals surface area (Å²) in [4.78, 5) is 7.43. The molecule has 2 aromatic rings. The Labute approximate surface area is 133 Å². The molecule has 3 rings (SSSR count). The van der Waals surface area contributed by atoms with Crippen LogP contribution in [0, 0.1) is 11.8 Å². The van der Waals surface area contributed by atoms with Crippen LogP contribution in [0.4, 0.5) is 26.3 Å². The number of alkyl halides is 6. The summed E-state index contributed by atoms with van der Waals surface area (Å²) in [5.74, 6) is -0.725. The van der Waals surface area contributed by atoms with Gasteiger partial charge in [0.25, 0.3) is 0 Å². The van der Waals surface area contributed by atoms with Crippen LogP contribution in [0.2, 0.25) is 0 Å². The molecule has 2 heterocycles. The molecule has 0 radical (unpaired) electrons. The molecule has 0 N–H and O–H groups in total. The molecule has 1 aliphatic carbocycles. The SMILES string of the molecule is CC(C)[C@H]1C[C@@H]1c1cc2c(cn1)nc(C(F)(F)F)n2CC(F)(F)F. The summed E-state index contributed by atoms with van der Waals surface area (Å²) >= 11 is 0. The second kappa shape index (κ2) is 5.35. The van der Waals surface area contributed by atoms with Crippen molar-refractivity contribution in [1.82, 2.24) is 14.5 Å². The van der Waals surface area contributed by atoms with E-state index in [9.17, 15) is 26.3 Å². The molecule has 1 saturated carbocycles. The van der Waals surface area contributed by atoms with Crippen LogP contribution in [-0.2, 0) is 12.7 Å². The minimum Gasteiger partial charge on any atom is -0.311 e. The van der Waals surface area contributed by atoms with Gasteiger partial charge in [-0.1, -0.05) is 13.8 Å². The number of fused-ring (bicyclic) bond motifs is 1. The summed E-state index contributed by atoms with van der Waals surface area (Å²) in [6, 6.07) is 1.32. The Morgan fingerprint density at radius 1 is 1.21 bits per heavy atom. The standard InChI is InChI=1S/C15H15F6N3/c1-7(2)8-3-9(8)10-4-12-11(5-22-10)23-13(15(19,20)21)24(12)6-14(16,17)18/h4-5,7-9H,3,6H2,1-2H3/t8-,9+/m1/s1. The third-order valence-electron chi connectivity index (χ3n) is 4.32. The number of hydrogen-bond acceptors (Lipinski definition) is 2. The first-order chi connectivity index (χ1) is 11.0. The Bertz CT molecular complexity index is 759. The zero-order valence-corrected chi connectivity index (χ0v) is 12.9. The van der Waals surface area contributed by atoms with Gasteiger partial charge in [-0.25, -0.2) is 4.98 Å². The number of hydrogen-bond donors (Lipinski definition) is 0. The first-order valence-electron chi connectivity index (χ1n) is 7.47. The van der Waals surface area contributed by atoms with Crippen molar-refractivity contribution in [2.45, 2.75) is 45.1 Å². The normalized spacial score (nSPS) is 21.7.